The molecule has 10 heteroatoms. The predicted molar refractivity (Wildman–Crippen MR) is 138 cm³/mol. The average molecular weight is 539 g/mol. The number of hydrogen-bond acceptors (Lipinski definition) is 6. The highest BCUT2D eigenvalue weighted by Crippen LogP contribution is 2.26. The molecule has 0 spiro atoms. The van der Waals surface area contributed by atoms with Crippen LogP contribution >= 0.6 is 0 Å². The first-order valence-corrected chi connectivity index (χ1v) is 13.0. The van der Waals surface area contributed by atoms with Crippen molar-refractivity contribution in [2.24, 2.45) is 0 Å². The highest BCUT2D eigenvalue weighted by Gasteiger charge is 2.24. The number of rotatable bonds is 10. The zero-order valence-corrected chi connectivity index (χ0v) is 21.1. The van der Waals surface area contributed by atoms with Gasteiger partial charge in [0.25, 0.3) is 15.9 Å². The van der Waals surface area contributed by atoms with Crippen LogP contribution in [0.25, 0.3) is 0 Å². The number of amides is 1. The van der Waals surface area contributed by atoms with Crippen molar-refractivity contribution in [2.45, 2.75) is 18.0 Å². The molecule has 0 unspecified atom stereocenters. The zero-order chi connectivity index (χ0) is 27.1. The van der Waals surface area contributed by atoms with Crippen LogP contribution in [0.4, 0.5) is 8.78 Å². The Morgan fingerprint density at radius 2 is 1.53 bits per heavy atom. The second kappa shape index (κ2) is 11.8. The Morgan fingerprint density at radius 3 is 2.24 bits per heavy atom. The minimum absolute atomic E-state index is 0.105. The molecular weight excluding hydrogens is 514 g/mol. The molecule has 7 nitrogen and oxygen atoms in total. The van der Waals surface area contributed by atoms with E-state index in [1.807, 2.05) is 18.2 Å². The Kier molecular flexibility index (Phi) is 8.35. The molecule has 1 amide bonds. The fourth-order valence-corrected chi connectivity index (χ4v) is 4.50. The van der Waals surface area contributed by atoms with Crippen molar-refractivity contribution in [3.8, 4) is 17.2 Å². The van der Waals surface area contributed by atoms with Gasteiger partial charge in [-0.25, -0.2) is 17.5 Å². The van der Waals surface area contributed by atoms with Gasteiger partial charge in [0.05, 0.1) is 10.5 Å². The molecule has 0 aromatic heterocycles. The Bertz CT molecular complexity index is 1530. The number of carbonyl (C=O) groups is 1. The first-order chi connectivity index (χ1) is 18.3. The number of nitrogens with one attached hydrogen (secondary N) is 2. The van der Waals surface area contributed by atoms with Gasteiger partial charge in [0.1, 0.15) is 18.1 Å². The lowest BCUT2D eigenvalue weighted by molar-refractivity contribution is 0.0976. The van der Waals surface area contributed by atoms with E-state index in [4.69, 9.17) is 9.47 Å². The van der Waals surface area contributed by atoms with E-state index in [1.165, 1.54) is 12.1 Å². The summed E-state index contributed by atoms with van der Waals surface area (Å²) in [5.74, 6) is -3.51. The number of halogens is 2. The van der Waals surface area contributed by atoms with Crippen molar-refractivity contribution in [1.29, 1.82) is 0 Å². The van der Waals surface area contributed by atoms with Gasteiger partial charge in [0, 0.05) is 6.54 Å². The number of hydrogen-bond donors (Lipinski definition) is 2. The Balaban J connectivity index is 1.43. The maximum Gasteiger partial charge on any atom is 0.268 e. The fraction of sp³-hybridized carbons (Fsp3) is 0.107. The number of carbonyl (C=O) groups excluding carboxylic acids is 1. The molecule has 4 aromatic carbocycles. The summed E-state index contributed by atoms with van der Waals surface area (Å²) in [7, 11) is -2.56. The molecule has 0 saturated heterocycles. The van der Waals surface area contributed by atoms with Crippen LogP contribution in [-0.2, 0) is 23.2 Å². The summed E-state index contributed by atoms with van der Waals surface area (Å²) >= 11 is 0. The van der Waals surface area contributed by atoms with Crippen molar-refractivity contribution < 1.29 is 31.5 Å². The van der Waals surface area contributed by atoms with Gasteiger partial charge >= 0.3 is 0 Å². The summed E-state index contributed by atoms with van der Waals surface area (Å²) in [5.41, 5.74) is 0.687. The van der Waals surface area contributed by atoms with Crippen LogP contribution in [0.2, 0.25) is 0 Å². The van der Waals surface area contributed by atoms with Crippen molar-refractivity contribution >= 4 is 15.9 Å². The van der Waals surface area contributed by atoms with Crippen LogP contribution in [0.15, 0.2) is 95.9 Å². The standard InChI is InChI=1S/C28H24F2N2O5S/c1-31-17-19-10-12-23(13-11-19)38(34,35)32-28(33)24-14-15-25(27(30)26(24)29)36-18-20-6-5-9-22(16-20)37-21-7-3-2-4-8-21/h2-16,31H,17-18H2,1H3,(H,32,33). The molecule has 0 aliphatic rings. The topological polar surface area (TPSA) is 93.7 Å². The van der Waals surface area contributed by atoms with Crippen LogP contribution in [0, 0.1) is 11.6 Å². The fourth-order valence-electron chi connectivity index (χ4n) is 3.53. The SMILES string of the molecule is CNCc1ccc(S(=O)(=O)NC(=O)c2ccc(OCc3cccc(Oc4ccccc4)c3)c(F)c2F)cc1. The van der Waals surface area contributed by atoms with E-state index < -0.39 is 38.9 Å². The van der Waals surface area contributed by atoms with E-state index in [9.17, 15) is 22.0 Å². The smallest absolute Gasteiger partial charge is 0.268 e. The third-order valence-electron chi connectivity index (χ3n) is 5.40. The lowest BCUT2D eigenvalue weighted by atomic mass is 10.2. The Morgan fingerprint density at radius 1 is 0.816 bits per heavy atom. The number of ether oxygens (including phenoxy) is 2. The molecule has 0 aliphatic carbocycles. The van der Waals surface area contributed by atoms with Gasteiger partial charge in [0.15, 0.2) is 11.6 Å². The van der Waals surface area contributed by atoms with Gasteiger partial charge in [-0.2, -0.15) is 4.39 Å². The summed E-state index contributed by atoms with van der Waals surface area (Å²) in [6.45, 7) is 0.421. The van der Waals surface area contributed by atoms with E-state index in [0.29, 0.717) is 23.6 Å². The summed E-state index contributed by atoms with van der Waals surface area (Å²) in [5, 5.41) is 2.93. The molecular formula is C28H24F2N2O5S. The molecule has 2 N–H and O–H groups in total. The predicted octanol–water partition coefficient (Wildman–Crippen LogP) is 5.17. The normalized spacial score (nSPS) is 11.1. The lowest BCUT2D eigenvalue weighted by Gasteiger charge is -2.12. The van der Waals surface area contributed by atoms with Crippen LogP contribution in [0.1, 0.15) is 21.5 Å². The highest BCUT2D eigenvalue weighted by atomic mass is 32.2. The highest BCUT2D eigenvalue weighted by molar-refractivity contribution is 7.90. The number of sulfonamides is 1. The van der Waals surface area contributed by atoms with Crippen molar-refractivity contribution in [2.75, 3.05) is 7.05 Å². The monoisotopic (exact) mass is 538 g/mol. The summed E-state index contributed by atoms with van der Waals surface area (Å²) < 4.78 is 67.5. The van der Waals surface area contributed by atoms with Crippen LogP contribution in [0.5, 0.6) is 17.2 Å². The van der Waals surface area contributed by atoms with E-state index in [1.54, 1.807) is 60.3 Å². The van der Waals surface area contributed by atoms with Crippen molar-refractivity contribution in [3.63, 3.8) is 0 Å². The maximum absolute atomic E-state index is 14.7. The average Bonchev–Trinajstić information content (AvgIpc) is 2.90. The molecule has 0 saturated carbocycles. The third kappa shape index (κ3) is 6.53. The van der Waals surface area contributed by atoms with Gasteiger partial charge < -0.3 is 14.8 Å². The summed E-state index contributed by atoms with van der Waals surface area (Å²) in [4.78, 5) is 12.3. The summed E-state index contributed by atoms with van der Waals surface area (Å²) in [6.07, 6.45) is 0. The maximum atomic E-state index is 14.7. The van der Waals surface area contributed by atoms with Gasteiger partial charge in [-0.3, -0.25) is 4.79 Å². The van der Waals surface area contributed by atoms with E-state index in [2.05, 4.69) is 5.32 Å². The molecule has 4 rings (SSSR count). The molecule has 0 aliphatic heterocycles. The Labute approximate surface area is 219 Å². The third-order valence-corrected chi connectivity index (χ3v) is 6.75. The largest absolute Gasteiger partial charge is 0.486 e. The molecule has 4 aromatic rings. The second-order valence-electron chi connectivity index (χ2n) is 8.20. The quantitative estimate of drug-likeness (QED) is 0.289. The molecule has 0 heterocycles. The van der Waals surface area contributed by atoms with E-state index >= 15 is 0 Å². The molecule has 0 atom stereocenters. The van der Waals surface area contributed by atoms with Crippen LogP contribution in [-0.4, -0.2) is 21.4 Å². The van der Waals surface area contributed by atoms with E-state index in [-0.39, 0.29) is 11.5 Å². The molecule has 196 valence electrons. The van der Waals surface area contributed by atoms with Gasteiger partial charge in [0.2, 0.25) is 5.82 Å². The van der Waals surface area contributed by atoms with Gasteiger partial charge in [-0.05, 0) is 66.7 Å². The minimum Gasteiger partial charge on any atom is -0.486 e. The van der Waals surface area contributed by atoms with Crippen molar-refractivity contribution in [3.05, 3.63) is 119 Å². The van der Waals surface area contributed by atoms with Crippen LogP contribution in [0.3, 0.4) is 0 Å². The van der Waals surface area contributed by atoms with Crippen molar-refractivity contribution in [1.82, 2.24) is 10.0 Å². The first kappa shape index (κ1) is 26.8. The first-order valence-electron chi connectivity index (χ1n) is 11.5. The van der Waals surface area contributed by atoms with Gasteiger partial charge in [-0.15, -0.1) is 0 Å². The van der Waals surface area contributed by atoms with Gasteiger partial charge in [-0.1, -0.05) is 42.5 Å². The molecule has 0 bridgehead atoms. The molecule has 38 heavy (non-hydrogen) atoms. The van der Waals surface area contributed by atoms with Crippen LogP contribution < -0.4 is 19.5 Å². The number of para-hydroxylation sites is 1. The zero-order valence-electron chi connectivity index (χ0n) is 20.3. The second-order valence-corrected chi connectivity index (χ2v) is 9.88. The molecule has 0 radical (unpaired) electrons. The van der Waals surface area contributed by atoms with E-state index in [0.717, 1.165) is 17.7 Å². The lowest BCUT2D eigenvalue weighted by Crippen LogP contribution is -2.31. The summed E-state index contributed by atoms with van der Waals surface area (Å²) in [6, 6.07) is 23.8. The molecule has 0 fully saturated rings. The minimum atomic E-state index is -4.30. The number of benzene rings is 4. The Hall–Kier alpha value is -4.28.